The summed E-state index contributed by atoms with van der Waals surface area (Å²) in [6, 6.07) is 0. The molecule has 0 aromatic carbocycles. The van der Waals surface area contributed by atoms with Crippen molar-refractivity contribution < 1.29 is 14.7 Å². The van der Waals surface area contributed by atoms with Crippen LogP contribution in [0.2, 0.25) is 0 Å². The number of thioether (sulfide) groups is 1. The number of unbranched alkanes of at least 4 members (excludes halogenated alkanes) is 1. The predicted molar refractivity (Wildman–Crippen MR) is 69.2 cm³/mol. The van der Waals surface area contributed by atoms with Crippen LogP contribution in [0, 0.1) is 0 Å². The Morgan fingerprint density at radius 1 is 1.12 bits per heavy atom. The lowest BCUT2D eigenvalue weighted by Crippen LogP contribution is -2.36. The summed E-state index contributed by atoms with van der Waals surface area (Å²) in [6.07, 6.45) is 5.33. The van der Waals surface area contributed by atoms with E-state index in [0.717, 1.165) is 38.1 Å². The van der Waals surface area contributed by atoms with Gasteiger partial charge in [-0.05, 0) is 37.9 Å². The Morgan fingerprint density at radius 3 is 2.47 bits per heavy atom. The second-order valence-corrected chi connectivity index (χ2v) is 5.45. The van der Waals surface area contributed by atoms with Crippen LogP contribution in [0.3, 0.4) is 0 Å². The average molecular weight is 259 g/mol. The number of amides is 1. The van der Waals surface area contributed by atoms with Crippen molar-refractivity contribution >= 4 is 23.6 Å². The first-order valence-corrected chi connectivity index (χ1v) is 7.43. The van der Waals surface area contributed by atoms with Gasteiger partial charge in [-0.2, -0.15) is 11.8 Å². The van der Waals surface area contributed by atoms with Crippen LogP contribution in [-0.2, 0) is 9.59 Å². The first-order chi connectivity index (χ1) is 8.20. The van der Waals surface area contributed by atoms with Crippen LogP contribution in [0.4, 0.5) is 0 Å². The summed E-state index contributed by atoms with van der Waals surface area (Å²) in [7, 11) is 0. The smallest absolute Gasteiger partial charge is 0.303 e. The highest BCUT2D eigenvalue weighted by molar-refractivity contribution is 7.99. The van der Waals surface area contributed by atoms with Crippen molar-refractivity contribution in [2.75, 3.05) is 24.6 Å². The second-order valence-electron chi connectivity index (χ2n) is 4.34. The third-order valence-corrected chi connectivity index (χ3v) is 3.89. The molecule has 0 atom stereocenters. The maximum absolute atomic E-state index is 11.7. The molecule has 4 nitrogen and oxygen atoms in total. The molecular formula is C12H21NO3S. The van der Waals surface area contributed by atoms with Gasteiger partial charge in [-0.25, -0.2) is 0 Å². The lowest BCUT2D eigenvalue weighted by atomic mass is 10.1. The SMILES string of the molecule is O=C(O)CCCCSCC(=O)N1CCCCC1. The molecule has 0 aromatic rings. The molecule has 0 unspecified atom stereocenters. The van der Waals surface area contributed by atoms with Gasteiger partial charge in [-0.1, -0.05) is 0 Å². The molecule has 1 aliphatic heterocycles. The van der Waals surface area contributed by atoms with Crippen LogP contribution < -0.4 is 0 Å². The summed E-state index contributed by atoms with van der Waals surface area (Å²) >= 11 is 1.62. The van der Waals surface area contributed by atoms with Crippen molar-refractivity contribution in [3.05, 3.63) is 0 Å². The fraction of sp³-hybridized carbons (Fsp3) is 0.833. The van der Waals surface area contributed by atoms with Gasteiger partial charge in [-0.3, -0.25) is 9.59 Å². The van der Waals surface area contributed by atoms with Crippen LogP contribution in [0.25, 0.3) is 0 Å². The summed E-state index contributed by atoms with van der Waals surface area (Å²) in [5.74, 6) is 0.937. The molecule has 1 amide bonds. The van der Waals surface area contributed by atoms with E-state index in [9.17, 15) is 9.59 Å². The number of likely N-dealkylation sites (tertiary alicyclic amines) is 1. The highest BCUT2D eigenvalue weighted by Gasteiger charge is 2.15. The molecule has 1 N–H and O–H groups in total. The Hall–Kier alpha value is -0.710. The third kappa shape index (κ3) is 6.56. The number of rotatable bonds is 7. The van der Waals surface area contributed by atoms with Crippen molar-refractivity contribution in [2.24, 2.45) is 0 Å². The number of hydrogen-bond donors (Lipinski definition) is 1. The van der Waals surface area contributed by atoms with E-state index in [1.165, 1.54) is 6.42 Å². The van der Waals surface area contributed by atoms with Crippen LogP contribution in [0.15, 0.2) is 0 Å². The van der Waals surface area contributed by atoms with Crippen LogP contribution in [0.5, 0.6) is 0 Å². The van der Waals surface area contributed by atoms with Crippen LogP contribution >= 0.6 is 11.8 Å². The molecule has 1 fully saturated rings. The summed E-state index contributed by atoms with van der Waals surface area (Å²) < 4.78 is 0. The van der Waals surface area contributed by atoms with E-state index in [1.807, 2.05) is 4.90 Å². The zero-order valence-electron chi connectivity index (χ0n) is 10.2. The topological polar surface area (TPSA) is 57.6 Å². The maximum Gasteiger partial charge on any atom is 0.303 e. The first-order valence-electron chi connectivity index (χ1n) is 6.27. The van der Waals surface area contributed by atoms with E-state index in [2.05, 4.69) is 0 Å². The fourth-order valence-electron chi connectivity index (χ4n) is 1.87. The Balaban J connectivity index is 1.98. The minimum Gasteiger partial charge on any atom is -0.481 e. The van der Waals surface area contributed by atoms with E-state index < -0.39 is 5.97 Å². The molecule has 1 heterocycles. The molecule has 17 heavy (non-hydrogen) atoms. The molecule has 1 rings (SSSR count). The molecule has 0 bridgehead atoms. The van der Waals surface area contributed by atoms with Crippen LogP contribution in [-0.4, -0.2) is 46.5 Å². The molecule has 0 aliphatic carbocycles. The van der Waals surface area contributed by atoms with Crippen molar-refractivity contribution in [3.8, 4) is 0 Å². The largest absolute Gasteiger partial charge is 0.481 e. The van der Waals surface area contributed by atoms with E-state index in [4.69, 9.17) is 5.11 Å². The molecule has 1 saturated heterocycles. The number of aliphatic carboxylic acids is 1. The number of carbonyl (C=O) groups excluding carboxylic acids is 1. The van der Waals surface area contributed by atoms with Gasteiger partial charge in [0.05, 0.1) is 5.75 Å². The summed E-state index contributed by atoms with van der Waals surface area (Å²) in [4.78, 5) is 24.0. The van der Waals surface area contributed by atoms with Gasteiger partial charge < -0.3 is 10.0 Å². The standard InChI is InChI=1S/C12H21NO3S/c14-11(13-7-3-1-4-8-13)10-17-9-5-2-6-12(15)16/h1-10H2,(H,15,16). The maximum atomic E-state index is 11.7. The van der Waals surface area contributed by atoms with Gasteiger partial charge in [0, 0.05) is 19.5 Å². The van der Waals surface area contributed by atoms with E-state index in [1.54, 1.807) is 11.8 Å². The molecule has 0 aromatic heterocycles. The zero-order valence-corrected chi connectivity index (χ0v) is 11.0. The molecule has 0 radical (unpaired) electrons. The molecule has 1 aliphatic rings. The predicted octanol–water partition coefficient (Wildman–Crippen LogP) is 1.99. The van der Waals surface area contributed by atoms with Gasteiger partial charge in [0.15, 0.2) is 0 Å². The monoisotopic (exact) mass is 259 g/mol. The van der Waals surface area contributed by atoms with Gasteiger partial charge in [0.1, 0.15) is 0 Å². The van der Waals surface area contributed by atoms with Crippen LogP contribution in [0.1, 0.15) is 38.5 Å². The normalized spacial score (nSPS) is 15.9. The lowest BCUT2D eigenvalue weighted by Gasteiger charge is -2.26. The number of carboxylic acid groups (broad SMARTS) is 1. The number of carboxylic acids is 1. The van der Waals surface area contributed by atoms with E-state index in [-0.39, 0.29) is 12.3 Å². The lowest BCUT2D eigenvalue weighted by molar-refractivity contribution is -0.137. The Labute approximate surface area is 107 Å². The zero-order chi connectivity index (χ0) is 12.5. The van der Waals surface area contributed by atoms with E-state index in [0.29, 0.717) is 12.2 Å². The number of carbonyl (C=O) groups is 2. The van der Waals surface area contributed by atoms with Crippen molar-refractivity contribution in [1.29, 1.82) is 0 Å². The summed E-state index contributed by atoms with van der Waals surface area (Å²) in [5, 5.41) is 8.46. The Kier molecular flexibility index (Phi) is 7.08. The summed E-state index contributed by atoms with van der Waals surface area (Å²) in [5.41, 5.74) is 0. The van der Waals surface area contributed by atoms with Gasteiger partial charge in [0.2, 0.25) is 5.91 Å². The molecular weight excluding hydrogens is 238 g/mol. The average Bonchev–Trinajstić information content (AvgIpc) is 2.34. The number of hydrogen-bond acceptors (Lipinski definition) is 3. The molecule has 5 heteroatoms. The number of piperidine rings is 1. The minimum absolute atomic E-state index is 0.237. The quantitative estimate of drug-likeness (QED) is 0.710. The van der Waals surface area contributed by atoms with E-state index >= 15 is 0 Å². The highest BCUT2D eigenvalue weighted by atomic mass is 32.2. The van der Waals surface area contributed by atoms with Gasteiger partial charge >= 0.3 is 5.97 Å². The number of nitrogens with zero attached hydrogens (tertiary/aromatic N) is 1. The molecule has 98 valence electrons. The first kappa shape index (κ1) is 14.4. The van der Waals surface area contributed by atoms with Gasteiger partial charge in [0.25, 0.3) is 0 Å². The fourth-order valence-corrected chi connectivity index (χ4v) is 2.78. The van der Waals surface area contributed by atoms with Crippen molar-refractivity contribution in [2.45, 2.75) is 38.5 Å². The second kappa shape index (κ2) is 8.39. The summed E-state index contributed by atoms with van der Waals surface area (Å²) in [6.45, 7) is 1.83. The van der Waals surface area contributed by atoms with Gasteiger partial charge in [-0.15, -0.1) is 0 Å². The minimum atomic E-state index is -0.737. The Bertz CT molecular complexity index is 252. The Morgan fingerprint density at radius 2 is 1.82 bits per heavy atom. The molecule has 0 spiro atoms. The molecule has 0 saturated carbocycles. The van der Waals surface area contributed by atoms with Crippen molar-refractivity contribution in [3.63, 3.8) is 0 Å². The van der Waals surface area contributed by atoms with Crippen molar-refractivity contribution in [1.82, 2.24) is 4.90 Å². The highest BCUT2D eigenvalue weighted by Crippen LogP contribution is 2.12. The third-order valence-electron chi connectivity index (χ3n) is 2.86.